The minimum atomic E-state index is -1.39. The van der Waals surface area contributed by atoms with Crippen molar-refractivity contribution in [3.63, 3.8) is 0 Å². The van der Waals surface area contributed by atoms with Gasteiger partial charge in [0, 0.05) is 25.5 Å². The van der Waals surface area contributed by atoms with E-state index in [1.54, 1.807) is 6.92 Å². The molecule has 1 unspecified atom stereocenters. The van der Waals surface area contributed by atoms with Crippen LogP contribution in [0.1, 0.15) is 30.1 Å². The molecule has 0 bridgehead atoms. The zero-order valence-corrected chi connectivity index (χ0v) is 12.9. The van der Waals surface area contributed by atoms with Crippen molar-refractivity contribution in [2.24, 2.45) is 5.92 Å². The lowest BCUT2D eigenvalue weighted by atomic mass is 9.92. The first kappa shape index (κ1) is 18.9. The third-order valence-electron chi connectivity index (χ3n) is 3.11. The Kier molecular flexibility index (Phi) is 7.47. The molecule has 0 aliphatic carbocycles. The van der Waals surface area contributed by atoms with Gasteiger partial charge in [-0.2, -0.15) is 0 Å². The van der Waals surface area contributed by atoms with Gasteiger partial charge in [-0.15, -0.1) is 0 Å². The molecular weight excluding hydrogens is 310 g/mol. The van der Waals surface area contributed by atoms with E-state index >= 15 is 0 Å². The summed E-state index contributed by atoms with van der Waals surface area (Å²) in [6.45, 7) is 1.75. The zero-order chi connectivity index (χ0) is 17.4. The van der Waals surface area contributed by atoms with Gasteiger partial charge in [0.05, 0.1) is 13.2 Å². The number of esters is 1. The summed E-state index contributed by atoms with van der Waals surface area (Å²) in [5, 5.41) is 0. The van der Waals surface area contributed by atoms with Crippen molar-refractivity contribution in [1.29, 1.82) is 0 Å². The van der Waals surface area contributed by atoms with Gasteiger partial charge < -0.3 is 9.47 Å². The van der Waals surface area contributed by atoms with E-state index in [4.69, 9.17) is 9.47 Å². The Morgan fingerprint density at radius 3 is 2.43 bits per heavy atom. The quantitative estimate of drug-likeness (QED) is 0.395. The first-order valence-electron chi connectivity index (χ1n) is 7.07. The highest BCUT2D eigenvalue weighted by molar-refractivity contribution is 6.10. The van der Waals surface area contributed by atoms with Crippen molar-refractivity contribution in [2.75, 3.05) is 20.3 Å². The van der Waals surface area contributed by atoms with Crippen LogP contribution in [0.4, 0.5) is 8.78 Å². The van der Waals surface area contributed by atoms with Crippen LogP contribution in [-0.2, 0) is 19.1 Å². The fourth-order valence-corrected chi connectivity index (χ4v) is 1.92. The molecule has 1 atom stereocenters. The van der Waals surface area contributed by atoms with Gasteiger partial charge in [-0.25, -0.2) is 8.78 Å². The lowest BCUT2D eigenvalue weighted by Gasteiger charge is -2.14. The summed E-state index contributed by atoms with van der Waals surface area (Å²) in [5.41, 5.74) is -0.193. The summed E-state index contributed by atoms with van der Waals surface area (Å²) in [6.07, 6.45) is -0.336. The molecule has 0 aliphatic heterocycles. The van der Waals surface area contributed by atoms with Crippen molar-refractivity contribution in [3.8, 4) is 0 Å². The number of ether oxygens (including phenoxy) is 2. The second kappa shape index (κ2) is 9.09. The van der Waals surface area contributed by atoms with Crippen molar-refractivity contribution in [2.45, 2.75) is 19.8 Å². The van der Waals surface area contributed by atoms with Crippen molar-refractivity contribution in [3.05, 3.63) is 35.4 Å². The number of rotatable bonds is 9. The van der Waals surface area contributed by atoms with E-state index in [0.29, 0.717) is 6.07 Å². The first-order valence-corrected chi connectivity index (χ1v) is 7.07. The third-order valence-corrected chi connectivity index (χ3v) is 3.11. The largest absolute Gasteiger partial charge is 0.465 e. The maximum atomic E-state index is 13.3. The number of carbonyl (C=O) groups is 3. The van der Waals surface area contributed by atoms with Crippen LogP contribution < -0.4 is 0 Å². The van der Waals surface area contributed by atoms with E-state index in [1.807, 2.05) is 0 Å². The van der Waals surface area contributed by atoms with Crippen molar-refractivity contribution < 1.29 is 32.6 Å². The molecule has 0 heterocycles. The van der Waals surface area contributed by atoms with Crippen molar-refractivity contribution >= 4 is 17.5 Å². The SMILES string of the molecule is CCOC(=O)C(CC(=O)CCOC)C(=O)c1ccc(F)c(F)c1. The van der Waals surface area contributed by atoms with Crippen molar-refractivity contribution in [1.82, 2.24) is 0 Å². The highest BCUT2D eigenvalue weighted by atomic mass is 19.2. The molecule has 0 saturated heterocycles. The first-order chi connectivity index (χ1) is 10.9. The predicted octanol–water partition coefficient (Wildman–Crippen LogP) is 2.32. The normalized spacial score (nSPS) is 11.8. The van der Waals surface area contributed by atoms with E-state index in [9.17, 15) is 23.2 Å². The molecular formula is C16H18F2O5. The molecule has 0 spiro atoms. The fraction of sp³-hybridized carbons (Fsp3) is 0.438. The summed E-state index contributed by atoms with van der Waals surface area (Å²) in [6, 6.07) is 2.55. The topological polar surface area (TPSA) is 69.7 Å². The molecule has 0 saturated carbocycles. The van der Waals surface area contributed by atoms with Crippen LogP contribution >= 0.6 is 0 Å². The summed E-state index contributed by atoms with van der Waals surface area (Å²) in [7, 11) is 1.42. The van der Waals surface area contributed by atoms with Crippen LogP contribution in [0.2, 0.25) is 0 Å². The van der Waals surface area contributed by atoms with E-state index in [1.165, 1.54) is 7.11 Å². The Bertz CT molecular complexity index is 586. The monoisotopic (exact) mass is 328 g/mol. The second-order valence-electron chi connectivity index (χ2n) is 4.78. The molecule has 0 amide bonds. The summed E-state index contributed by atoms with van der Waals surface area (Å²) in [5.74, 6) is -5.71. The van der Waals surface area contributed by atoms with Gasteiger partial charge in [0.2, 0.25) is 0 Å². The highest BCUT2D eigenvalue weighted by Gasteiger charge is 2.31. The number of hydrogen-bond donors (Lipinski definition) is 0. The van der Waals surface area contributed by atoms with Gasteiger partial charge in [0.15, 0.2) is 17.4 Å². The molecule has 0 aromatic heterocycles. The molecule has 0 fully saturated rings. The molecule has 0 radical (unpaired) electrons. The molecule has 23 heavy (non-hydrogen) atoms. The van der Waals surface area contributed by atoms with Gasteiger partial charge in [0.25, 0.3) is 0 Å². The van der Waals surface area contributed by atoms with Crippen LogP contribution in [0.3, 0.4) is 0 Å². The lowest BCUT2D eigenvalue weighted by Crippen LogP contribution is -2.29. The number of halogens is 2. The average Bonchev–Trinajstić information content (AvgIpc) is 2.52. The Morgan fingerprint density at radius 2 is 1.87 bits per heavy atom. The molecule has 1 aromatic carbocycles. The minimum Gasteiger partial charge on any atom is -0.465 e. The molecule has 7 heteroatoms. The van der Waals surface area contributed by atoms with Gasteiger partial charge in [-0.1, -0.05) is 0 Å². The number of carbonyl (C=O) groups excluding carboxylic acids is 3. The minimum absolute atomic E-state index is 0.0344. The number of benzene rings is 1. The van der Waals surface area contributed by atoms with Gasteiger partial charge in [-0.05, 0) is 25.1 Å². The number of Topliss-reactive ketones (excluding diaryl/α,β-unsaturated/α-hetero) is 2. The van der Waals surface area contributed by atoms with Gasteiger partial charge in [0.1, 0.15) is 11.7 Å². The molecule has 1 rings (SSSR count). The van der Waals surface area contributed by atoms with E-state index in [0.717, 1.165) is 12.1 Å². The van der Waals surface area contributed by atoms with E-state index < -0.39 is 29.3 Å². The molecule has 1 aromatic rings. The van der Waals surface area contributed by atoms with E-state index in [2.05, 4.69) is 0 Å². The summed E-state index contributed by atoms with van der Waals surface area (Å²) < 4.78 is 35.8. The van der Waals surface area contributed by atoms with Crippen LogP contribution in [0.25, 0.3) is 0 Å². The third kappa shape index (κ3) is 5.52. The summed E-state index contributed by atoms with van der Waals surface area (Å²) in [4.78, 5) is 36.1. The maximum Gasteiger partial charge on any atom is 0.317 e. The number of hydrogen-bond acceptors (Lipinski definition) is 5. The molecule has 0 aliphatic rings. The predicted molar refractivity (Wildman–Crippen MR) is 76.9 cm³/mol. The zero-order valence-electron chi connectivity index (χ0n) is 12.9. The van der Waals surface area contributed by atoms with Crippen LogP contribution in [0, 0.1) is 17.6 Å². The van der Waals surface area contributed by atoms with Gasteiger partial charge >= 0.3 is 5.97 Å². The van der Waals surface area contributed by atoms with Crippen LogP contribution in [-0.4, -0.2) is 37.9 Å². The number of ketones is 2. The average molecular weight is 328 g/mol. The standard InChI is InChI=1S/C16H18F2O5/c1-3-23-16(21)12(9-11(19)6-7-22-2)15(20)10-4-5-13(17)14(18)8-10/h4-5,8,12H,3,6-7,9H2,1-2H3. The highest BCUT2D eigenvalue weighted by Crippen LogP contribution is 2.18. The van der Waals surface area contributed by atoms with E-state index in [-0.39, 0.29) is 37.4 Å². The van der Waals surface area contributed by atoms with Gasteiger partial charge in [-0.3, -0.25) is 14.4 Å². The number of methoxy groups -OCH3 is 1. The molecule has 126 valence electrons. The lowest BCUT2D eigenvalue weighted by molar-refractivity contribution is -0.147. The Morgan fingerprint density at radius 1 is 1.17 bits per heavy atom. The summed E-state index contributed by atoms with van der Waals surface area (Å²) >= 11 is 0. The smallest absolute Gasteiger partial charge is 0.317 e. The van der Waals surface area contributed by atoms with Crippen LogP contribution in [0.15, 0.2) is 18.2 Å². The Balaban J connectivity index is 2.97. The fourth-order valence-electron chi connectivity index (χ4n) is 1.92. The van der Waals surface area contributed by atoms with Crippen LogP contribution in [0.5, 0.6) is 0 Å². The maximum absolute atomic E-state index is 13.3. The molecule has 5 nitrogen and oxygen atoms in total. The molecule has 0 N–H and O–H groups in total. The Hall–Kier alpha value is -2.15. The Labute approximate surface area is 132 Å². The second-order valence-corrected chi connectivity index (χ2v) is 4.78.